The van der Waals surface area contributed by atoms with Gasteiger partial charge in [-0.1, -0.05) is 12.8 Å². The summed E-state index contributed by atoms with van der Waals surface area (Å²) in [5, 5.41) is 20.8. The molecule has 3 N–H and O–H groups in total. The number of hydrogen-bond donors (Lipinski definition) is 3. The third-order valence-electron chi connectivity index (χ3n) is 2.10. The van der Waals surface area contributed by atoms with Crippen molar-refractivity contribution in [1.82, 2.24) is 5.32 Å². The van der Waals surface area contributed by atoms with Crippen LogP contribution in [0.4, 0.5) is 0 Å². The molecule has 0 aromatic heterocycles. The first-order chi connectivity index (χ1) is 4.77. The van der Waals surface area contributed by atoms with Gasteiger partial charge in [-0.2, -0.15) is 0 Å². The Morgan fingerprint density at radius 2 is 1.90 bits per heavy atom. The molecule has 60 valence electrons. The lowest BCUT2D eigenvalue weighted by atomic mass is 10.0. The predicted octanol–water partition coefficient (Wildman–Crippen LogP) is -0.169. The average molecular weight is 145 g/mol. The Balaban J connectivity index is 2.22. The largest absolute Gasteiger partial charge is 0.389 e. The van der Waals surface area contributed by atoms with Crippen molar-refractivity contribution < 1.29 is 10.2 Å². The number of aliphatic hydroxyl groups excluding tert-OH is 1. The molecule has 0 amide bonds. The molecule has 1 rings (SSSR count). The van der Waals surface area contributed by atoms with Gasteiger partial charge >= 0.3 is 0 Å². The lowest BCUT2D eigenvalue weighted by Gasteiger charge is -2.21. The van der Waals surface area contributed by atoms with Crippen LogP contribution in [0.1, 0.15) is 25.7 Å². The van der Waals surface area contributed by atoms with Crippen LogP contribution in [0.3, 0.4) is 0 Å². The molecule has 0 saturated heterocycles. The summed E-state index contributed by atoms with van der Waals surface area (Å²) in [6, 6.07) is 0. The van der Waals surface area contributed by atoms with Crippen molar-refractivity contribution in [3.05, 3.63) is 0 Å². The zero-order valence-corrected chi connectivity index (χ0v) is 6.14. The normalized spacial score (nSPS) is 23.4. The van der Waals surface area contributed by atoms with E-state index in [4.69, 9.17) is 5.11 Å². The van der Waals surface area contributed by atoms with E-state index in [9.17, 15) is 5.11 Å². The van der Waals surface area contributed by atoms with Crippen LogP contribution >= 0.6 is 0 Å². The SMILES string of the molecule is OCNCC1(O)CCCC1. The lowest BCUT2D eigenvalue weighted by molar-refractivity contribution is 0.0409. The Morgan fingerprint density at radius 3 is 2.40 bits per heavy atom. The molecule has 0 aromatic rings. The fraction of sp³-hybridized carbons (Fsp3) is 1.00. The highest BCUT2D eigenvalue weighted by atomic mass is 16.3. The number of hydrogen-bond acceptors (Lipinski definition) is 3. The van der Waals surface area contributed by atoms with E-state index in [0.29, 0.717) is 6.54 Å². The van der Waals surface area contributed by atoms with E-state index in [-0.39, 0.29) is 6.73 Å². The smallest absolute Gasteiger partial charge is 0.0932 e. The van der Waals surface area contributed by atoms with E-state index < -0.39 is 5.60 Å². The van der Waals surface area contributed by atoms with Gasteiger partial charge < -0.3 is 10.2 Å². The Kier molecular flexibility index (Phi) is 2.65. The molecular weight excluding hydrogens is 130 g/mol. The highest BCUT2D eigenvalue weighted by Gasteiger charge is 2.29. The van der Waals surface area contributed by atoms with Crippen LogP contribution in [-0.4, -0.2) is 29.1 Å². The van der Waals surface area contributed by atoms with Crippen LogP contribution in [-0.2, 0) is 0 Å². The van der Waals surface area contributed by atoms with Crippen LogP contribution in [0.15, 0.2) is 0 Å². The number of nitrogens with one attached hydrogen (secondary N) is 1. The fourth-order valence-electron chi connectivity index (χ4n) is 1.50. The lowest BCUT2D eigenvalue weighted by Crippen LogP contribution is -2.38. The molecule has 1 fully saturated rings. The zero-order chi connectivity index (χ0) is 7.45. The van der Waals surface area contributed by atoms with E-state index in [1.807, 2.05) is 0 Å². The van der Waals surface area contributed by atoms with Crippen LogP contribution < -0.4 is 5.32 Å². The first-order valence-corrected chi connectivity index (χ1v) is 3.81. The summed E-state index contributed by atoms with van der Waals surface area (Å²) in [4.78, 5) is 0. The van der Waals surface area contributed by atoms with E-state index >= 15 is 0 Å². The summed E-state index contributed by atoms with van der Waals surface area (Å²) in [6.45, 7) is 0.492. The maximum Gasteiger partial charge on any atom is 0.0932 e. The minimum Gasteiger partial charge on any atom is -0.389 e. The fourth-order valence-corrected chi connectivity index (χ4v) is 1.50. The molecule has 0 aliphatic heterocycles. The van der Waals surface area contributed by atoms with Crippen LogP contribution in [0.2, 0.25) is 0 Å². The van der Waals surface area contributed by atoms with Gasteiger partial charge in [0.25, 0.3) is 0 Å². The van der Waals surface area contributed by atoms with E-state index in [2.05, 4.69) is 5.32 Å². The third kappa shape index (κ3) is 1.94. The molecule has 0 unspecified atom stereocenters. The number of rotatable bonds is 3. The van der Waals surface area contributed by atoms with Gasteiger partial charge in [-0.15, -0.1) is 0 Å². The molecule has 0 heterocycles. The van der Waals surface area contributed by atoms with Crippen molar-refractivity contribution in [2.24, 2.45) is 0 Å². The Labute approximate surface area is 61.1 Å². The summed E-state index contributed by atoms with van der Waals surface area (Å²) in [7, 11) is 0. The number of aliphatic hydroxyl groups is 2. The molecule has 3 nitrogen and oxygen atoms in total. The van der Waals surface area contributed by atoms with Gasteiger partial charge in [0.1, 0.15) is 0 Å². The Morgan fingerprint density at radius 1 is 1.30 bits per heavy atom. The van der Waals surface area contributed by atoms with Crippen molar-refractivity contribution >= 4 is 0 Å². The summed E-state index contributed by atoms with van der Waals surface area (Å²) < 4.78 is 0. The minimum absolute atomic E-state index is 0.0394. The molecule has 1 aliphatic carbocycles. The standard InChI is InChI=1S/C7H15NO2/c9-6-8-5-7(10)3-1-2-4-7/h8-10H,1-6H2. The van der Waals surface area contributed by atoms with E-state index in [0.717, 1.165) is 25.7 Å². The van der Waals surface area contributed by atoms with Gasteiger partial charge in [0.05, 0.1) is 12.3 Å². The highest BCUT2D eigenvalue weighted by Crippen LogP contribution is 2.28. The van der Waals surface area contributed by atoms with E-state index in [1.165, 1.54) is 0 Å². The van der Waals surface area contributed by atoms with Gasteiger partial charge in [0.15, 0.2) is 0 Å². The average Bonchev–Trinajstić information content (AvgIpc) is 2.33. The molecular formula is C7H15NO2. The molecule has 1 saturated carbocycles. The third-order valence-corrected chi connectivity index (χ3v) is 2.10. The second-order valence-electron chi connectivity index (χ2n) is 3.02. The molecule has 0 aromatic carbocycles. The van der Waals surface area contributed by atoms with Gasteiger partial charge in [0.2, 0.25) is 0 Å². The van der Waals surface area contributed by atoms with Crippen molar-refractivity contribution in [2.75, 3.05) is 13.3 Å². The molecule has 10 heavy (non-hydrogen) atoms. The first kappa shape index (κ1) is 7.98. The summed E-state index contributed by atoms with van der Waals surface area (Å²) in [5.41, 5.74) is -0.525. The van der Waals surface area contributed by atoms with Crippen molar-refractivity contribution in [2.45, 2.75) is 31.3 Å². The van der Waals surface area contributed by atoms with E-state index in [1.54, 1.807) is 0 Å². The highest BCUT2D eigenvalue weighted by molar-refractivity contribution is 4.85. The Bertz CT molecular complexity index is 99.8. The Hall–Kier alpha value is -0.120. The zero-order valence-electron chi connectivity index (χ0n) is 6.14. The molecule has 0 bridgehead atoms. The van der Waals surface area contributed by atoms with Gasteiger partial charge in [0, 0.05) is 6.54 Å². The van der Waals surface area contributed by atoms with Crippen molar-refractivity contribution in [3.63, 3.8) is 0 Å². The minimum atomic E-state index is -0.525. The second kappa shape index (κ2) is 3.32. The van der Waals surface area contributed by atoms with Gasteiger partial charge in [-0.05, 0) is 12.8 Å². The van der Waals surface area contributed by atoms with Crippen LogP contribution in [0, 0.1) is 0 Å². The quantitative estimate of drug-likeness (QED) is 0.483. The maximum absolute atomic E-state index is 9.65. The molecule has 0 atom stereocenters. The van der Waals surface area contributed by atoms with Crippen LogP contribution in [0.25, 0.3) is 0 Å². The molecule has 0 radical (unpaired) electrons. The van der Waals surface area contributed by atoms with Crippen molar-refractivity contribution in [3.8, 4) is 0 Å². The molecule has 3 heteroatoms. The molecule has 0 spiro atoms. The summed E-state index contributed by atoms with van der Waals surface area (Å²) in [5.74, 6) is 0. The second-order valence-corrected chi connectivity index (χ2v) is 3.02. The summed E-state index contributed by atoms with van der Waals surface area (Å²) >= 11 is 0. The van der Waals surface area contributed by atoms with Crippen LogP contribution in [0.5, 0.6) is 0 Å². The predicted molar refractivity (Wildman–Crippen MR) is 38.5 cm³/mol. The van der Waals surface area contributed by atoms with Gasteiger partial charge in [-0.3, -0.25) is 5.32 Å². The molecule has 1 aliphatic rings. The topological polar surface area (TPSA) is 52.5 Å². The summed E-state index contributed by atoms with van der Waals surface area (Å²) in [6.07, 6.45) is 3.98. The monoisotopic (exact) mass is 145 g/mol. The van der Waals surface area contributed by atoms with Gasteiger partial charge in [-0.25, -0.2) is 0 Å². The first-order valence-electron chi connectivity index (χ1n) is 3.81. The maximum atomic E-state index is 9.65. The van der Waals surface area contributed by atoms with Crippen molar-refractivity contribution in [1.29, 1.82) is 0 Å².